The number of hydrogen-bond acceptors (Lipinski definition) is 4. The second-order valence-electron chi connectivity index (χ2n) is 9.46. The van der Waals surface area contributed by atoms with Gasteiger partial charge in [0.2, 0.25) is 9.84 Å². The highest BCUT2D eigenvalue weighted by Gasteiger charge is 2.54. The van der Waals surface area contributed by atoms with Crippen LogP contribution in [0.4, 0.5) is 17.1 Å². The van der Waals surface area contributed by atoms with Crippen LogP contribution in [0.1, 0.15) is 22.3 Å². The summed E-state index contributed by atoms with van der Waals surface area (Å²) in [5.41, 5.74) is 5.52. The molecule has 0 radical (unpaired) electrons. The summed E-state index contributed by atoms with van der Waals surface area (Å²) in [6.07, 6.45) is 0. The molecule has 37 heavy (non-hydrogen) atoms. The summed E-state index contributed by atoms with van der Waals surface area (Å²) in [7, 11) is -3.73. The number of ether oxygens (including phenoxy) is 1. The number of hydrogen-bond donors (Lipinski definition) is 0. The van der Waals surface area contributed by atoms with E-state index in [9.17, 15) is 8.42 Å². The third-order valence-corrected chi connectivity index (χ3v) is 10.1. The average Bonchev–Trinajstić information content (AvgIpc) is 2.92. The fraction of sp³-hybridized carbons (Fsp3) is 0.0323. The molecule has 3 aliphatic heterocycles. The van der Waals surface area contributed by atoms with E-state index in [1.54, 1.807) is 24.3 Å². The van der Waals surface area contributed by atoms with Crippen molar-refractivity contribution < 1.29 is 13.2 Å². The van der Waals surface area contributed by atoms with Crippen molar-refractivity contribution in [3.63, 3.8) is 0 Å². The number of sulfone groups is 1. The number of halogens is 1. The Morgan fingerprint density at radius 3 is 2.14 bits per heavy atom. The molecule has 5 aromatic carbocycles. The van der Waals surface area contributed by atoms with Crippen LogP contribution < -0.4 is 9.64 Å². The van der Waals surface area contributed by atoms with Crippen molar-refractivity contribution in [1.82, 2.24) is 0 Å². The van der Waals surface area contributed by atoms with E-state index >= 15 is 0 Å². The van der Waals surface area contributed by atoms with E-state index in [0.29, 0.717) is 9.79 Å². The van der Waals surface area contributed by atoms with E-state index in [4.69, 9.17) is 4.74 Å². The van der Waals surface area contributed by atoms with Gasteiger partial charge in [-0.05, 0) is 70.8 Å². The van der Waals surface area contributed by atoms with Crippen molar-refractivity contribution in [2.75, 3.05) is 4.90 Å². The van der Waals surface area contributed by atoms with Gasteiger partial charge in [0.05, 0.1) is 32.3 Å². The minimum absolute atomic E-state index is 0.326. The smallest absolute Gasteiger partial charge is 0.207 e. The topological polar surface area (TPSA) is 46.6 Å². The SMILES string of the molecule is O=S1(=O)c2ccccc2C2(c3ccccc3N3c4ccccc4Oc4cccc2c43)c2cc(Br)ccc21. The average molecular weight is 564 g/mol. The molecule has 178 valence electrons. The minimum Gasteiger partial charge on any atom is -0.453 e. The van der Waals surface area contributed by atoms with Crippen molar-refractivity contribution in [3.8, 4) is 11.5 Å². The predicted octanol–water partition coefficient (Wildman–Crippen LogP) is 7.87. The van der Waals surface area contributed by atoms with Crippen LogP contribution in [0.3, 0.4) is 0 Å². The number of fused-ring (bicyclic) bond motifs is 10. The Kier molecular flexibility index (Phi) is 4.09. The van der Waals surface area contributed by atoms with Crippen molar-refractivity contribution in [3.05, 3.63) is 136 Å². The normalized spacial score (nSPS) is 19.1. The van der Waals surface area contributed by atoms with Crippen molar-refractivity contribution in [2.24, 2.45) is 0 Å². The molecule has 0 fully saturated rings. The molecule has 0 amide bonds. The summed E-state index contributed by atoms with van der Waals surface area (Å²) in [5.74, 6) is 1.53. The number of benzene rings is 5. The van der Waals surface area contributed by atoms with Crippen LogP contribution in [-0.4, -0.2) is 8.42 Å². The highest BCUT2D eigenvalue weighted by Crippen LogP contribution is 2.65. The zero-order chi connectivity index (χ0) is 24.9. The molecule has 1 unspecified atom stereocenters. The third kappa shape index (κ3) is 2.49. The summed E-state index contributed by atoms with van der Waals surface area (Å²) in [5, 5.41) is 0. The predicted molar refractivity (Wildman–Crippen MR) is 146 cm³/mol. The van der Waals surface area contributed by atoms with Crippen molar-refractivity contribution in [1.29, 1.82) is 0 Å². The maximum Gasteiger partial charge on any atom is 0.207 e. The Balaban J connectivity index is 1.62. The Morgan fingerprint density at radius 1 is 0.622 bits per heavy atom. The molecule has 8 rings (SSSR count). The fourth-order valence-electron chi connectivity index (χ4n) is 6.37. The molecule has 5 aromatic rings. The van der Waals surface area contributed by atoms with E-state index in [-0.39, 0.29) is 0 Å². The lowest BCUT2D eigenvalue weighted by Crippen LogP contribution is -2.42. The first-order valence-corrected chi connectivity index (χ1v) is 14.2. The lowest BCUT2D eigenvalue weighted by atomic mass is 9.62. The second kappa shape index (κ2) is 7.12. The zero-order valence-corrected chi connectivity index (χ0v) is 21.8. The summed E-state index contributed by atoms with van der Waals surface area (Å²) in [6, 6.07) is 35.3. The van der Waals surface area contributed by atoms with Gasteiger partial charge >= 0.3 is 0 Å². The van der Waals surface area contributed by atoms with Crippen LogP contribution in [-0.2, 0) is 15.3 Å². The number of anilines is 3. The van der Waals surface area contributed by atoms with Crippen LogP contribution in [0, 0.1) is 0 Å². The molecule has 0 bridgehead atoms. The molecule has 0 aliphatic carbocycles. The molecule has 3 aliphatic rings. The van der Waals surface area contributed by atoms with E-state index in [1.165, 1.54) is 0 Å². The lowest BCUT2D eigenvalue weighted by molar-refractivity contribution is 0.473. The number of para-hydroxylation sites is 4. The maximum absolute atomic E-state index is 14.0. The molecule has 0 saturated carbocycles. The summed E-state index contributed by atoms with van der Waals surface area (Å²) in [6.45, 7) is 0. The van der Waals surface area contributed by atoms with Gasteiger partial charge in [-0.1, -0.05) is 76.6 Å². The van der Waals surface area contributed by atoms with Crippen LogP contribution in [0.2, 0.25) is 0 Å². The zero-order valence-electron chi connectivity index (χ0n) is 19.4. The first kappa shape index (κ1) is 21.2. The van der Waals surface area contributed by atoms with Crippen molar-refractivity contribution >= 4 is 42.8 Å². The molecular formula is C31H18BrNO3S. The molecule has 6 heteroatoms. The van der Waals surface area contributed by atoms with E-state index < -0.39 is 15.3 Å². The standard InChI is InChI=1S/C31H18BrNO3S/c32-19-16-17-29-23(18-19)31(21-9-2-6-15-28(21)37(29,34)35)20-8-1-3-11-24(20)33-25-12-4-5-13-26(25)36-27-14-7-10-22(31)30(27)33/h1-18H. The summed E-state index contributed by atoms with van der Waals surface area (Å²) >= 11 is 3.64. The quantitative estimate of drug-likeness (QED) is 0.188. The van der Waals surface area contributed by atoms with Gasteiger partial charge in [-0.25, -0.2) is 8.42 Å². The molecule has 3 heterocycles. The van der Waals surface area contributed by atoms with Crippen LogP contribution in [0.25, 0.3) is 0 Å². The summed E-state index contributed by atoms with van der Waals surface area (Å²) < 4.78 is 35.2. The van der Waals surface area contributed by atoms with E-state index in [0.717, 1.165) is 55.3 Å². The number of nitrogens with zero attached hydrogens (tertiary/aromatic N) is 1. The monoisotopic (exact) mass is 563 g/mol. The van der Waals surface area contributed by atoms with Gasteiger partial charge in [0.1, 0.15) is 0 Å². The van der Waals surface area contributed by atoms with Gasteiger partial charge in [0.25, 0.3) is 0 Å². The van der Waals surface area contributed by atoms with Gasteiger partial charge in [0, 0.05) is 4.47 Å². The molecule has 0 saturated heterocycles. The molecule has 1 atom stereocenters. The van der Waals surface area contributed by atoms with Gasteiger partial charge in [-0.2, -0.15) is 0 Å². The third-order valence-electron chi connectivity index (χ3n) is 7.72. The molecule has 4 nitrogen and oxygen atoms in total. The summed E-state index contributed by atoms with van der Waals surface area (Å²) in [4.78, 5) is 2.92. The van der Waals surface area contributed by atoms with Crippen LogP contribution in [0.15, 0.2) is 123 Å². The Labute approximate surface area is 222 Å². The molecule has 0 N–H and O–H groups in total. The van der Waals surface area contributed by atoms with Gasteiger partial charge in [0.15, 0.2) is 11.5 Å². The highest BCUT2D eigenvalue weighted by atomic mass is 79.9. The van der Waals surface area contributed by atoms with Crippen LogP contribution in [0.5, 0.6) is 11.5 Å². The number of rotatable bonds is 0. The maximum atomic E-state index is 14.0. The van der Waals surface area contributed by atoms with Gasteiger partial charge < -0.3 is 9.64 Å². The fourth-order valence-corrected chi connectivity index (χ4v) is 8.49. The first-order valence-electron chi connectivity index (χ1n) is 12.0. The van der Waals surface area contributed by atoms with Gasteiger partial charge in [-0.3, -0.25) is 0 Å². The Morgan fingerprint density at radius 2 is 1.27 bits per heavy atom. The Hall–Kier alpha value is -3.87. The Bertz CT molecular complexity index is 1920. The van der Waals surface area contributed by atoms with Crippen molar-refractivity contribution in [2.45, 2.75) is 15.2 Å². The minimum atomic E-state index is -3.73. The second-order valence-corrected chi connectivity index (χ2v) is 12.3. The van der Waals surface area contributed by atoms with Crippen LogP contribution >= 0.6 is 15.9 Å². The largest absolute Gasteiger partial charge is 0.453 e. The first-order chi connectivity index (χ1) is 18.0. The lowest BCUT2D eigenvalue weighted by Gasteiger charge is -2.50. The molecule has 1 spiro atoms. The highest BCUT2D eigenvalue weighted by molar-refractivity contribution is 9.10. The van der Waals surface area contributed by atoms with Gasteiger partial charge in [-0.15, -0.1) is 0 Å². The van der Waals surface area contributed by atoms with E-state index in [2.05, 4.69) is 45.1 Å². The molecular weight excluding hydrogens is 546 g/mol. The molecule has 0 aromatic heterocycles. The van der Waals surface area contributed by atoms with E-state index in [1.807, 2.05) is 60.7 Å².